The number of fused-ring (bicyclic) bond motifs is 1. The predicted octanol–water partition coefficient (Wildman–Crippen LogP) is 6.13. The van der Waals surface area contributed by atoms with Crippen molar-refractivity contribution in [1.29, 1.82) is 0 Å². The standard InChI is InChI=1S/C31H41ClN4O4S/c1-31(2,3)34-41(38,39)27-15-14-25(23-12-8-9-13-24(23)27)36-26(20-21-10-6-5-7-11-21)28(32)29(33-36)30(37)35(4)22-16-18-40-19-17-22/h8-9,12-15,21-22,34H,5-7,10-11,16-20H2,1-4H3. The van der Waals surface area contributed by atoms with E-state index in [1.165, 1.54) is 19.3 Å². The van der Waals surface area contributed by atoms with Gasteiger partial charge in [-0.15, -0.1) is 0 Å². The third-order valence-electron chi connectivity index (χ3n) is 8.20. The molecule has 1 saturated carbocycles. The molecule has 2 aliphatic rings. The Morgan fingerprint density at radius 1 is 1.05 bits per heavy atom. The number of carbonyl (C=O) groups is 1. The van der Waals surface area contributed by atoms with Crippen LogP contribution in [0.5, 0.6) is 0 Å². The fraction of sp³-hybridized carbons (Fsp3) is 0.548. The number of ether oxygens (including phenoxy) is 1. The van der Waals surface area contributed by atoms with E-state index in [4.69, 9.17) is 21.4 Å². The van der Waals surface area contributed by atoms with Crippen molar-refractivity contribution >= 4 is 38.3 Å². The van der Waals surface area contributed by atoms with Gasteiger partial charge in [0.25, 0.3) is 5.91 Å². The number of aromatic nitrogens is 2. The van der Waals surface area contributed by atoms with Gasteiger partial charge >= 0.3 is 0 Å². The summed E-state index contributed by atoms with van der Waals surface area (Å²) in [6, 6.07) is 10.9. The third-order valence-corrected chi connectivity index (χ3v) is 10.4. The molecular formula is C31H41ClN4O4S. The molecule has 3 aromatic rings. The molecule has 1 aliphatic heterocycles. The summed E-state index contributed by atoms with van der Waals surface area (Å²) in [6.45, 7) is 6.71. The second-order valence-corrected chi connectivity index (χ2v) is 14.5. The number of amides is 1. The minimum Gasteiger partial charge on any atom is -0.381 e. The lowest BCUT2D eigenvalue weighted by Gasteiger charge is -2.30. The lowest BCUT2D eigenvalue weighted by atomic mass is 9.86. The number of nitrogens with one attached hydrogen (secondary N) is 1. The van der Waals surface area contributed by atoms with Crippen LogP contribution in [-0.2, 0) is 21.2 Å². The molecule has 41 heavy (non-hydrogen) atoms. The number of hydrogen-bond donors (Lipinski definition) is 1. The Morgan fingerprint density at radius 3 is 2.37 bits per heavy atom. The van der Waals surface area contributed by atoms with E-state index >= 15 is 0 Å². The van der Waals surface area contributed by atoms with Crippen LogP contribution in [0.3, 0.4) is 0 Å². The molecule has 0 radical (unpaired) electrons. The molecule has 2 aromatic carbocycles. The van der Waals surface area contributed by atoms with Crippen molar-refractivity contribution in [3.63, 3.8) is 0 Å². The highest BCUT2D eigenvalue weighted by atomic mass is 35.5. The predicted molar refractivity (Wildman–Crippen MR) is 162 cm³/mol. The number of halogens is 1. The molecule has 1 N–H and O–H groups in total. The SMILES string of the molecule is CN(C(=O)c1nn(-c2ccc(S(=O)(=O)NC(C)(C)C)c3ccccc23)c(CC2CCCCC2)c1Cl)C1CCOCC1. The van der Waals surface area contributed by atoms with E-state index < -0.39 is 15.6 Å². The molecule has 1 saturated heterocycles. The van der Waals surface area contributed by atoms with Gasteiger partial charge in [0.05, 0.1) is 21.3 Å². The molecule has 8 nitrogen and oxygen atoms in total. The van der Waals surface area contributed by atoms with Crippen LogP contribution in [0.4, 0.5) is 0 Å². The maximum Gasteiger partial charge on any atom is 0.275 e. The van der Waals surface area contributed by atoms with Crippen molar-refractivity contribution in [3.05, 3.63) is 52.8 Å². The zero-order chi connectivity index (χ0) is 29.4. The summed E-state index contributed by atoms with van der Waals surface area (Å²) < 4.78 is 36.9. The van der Waals surface area contributed by atoms with Gasteiger partial charge in [-0.2, -0.15) is 5.10 Å². The van der Waals surface area contributed by atoms with Crippen molar-refractivity contribution in [2.45, 2.75) is 88.6 Å². The van der Waals surface area contributed by atoms with E-state index in [0.717, 1.165) is 36.8 Å². The highest BCUT2D eigenvalue weighted by Crippen LogP contribution is 2.36. The van der Waals surface area contributed by atoms with Gasteiger partial charge in [0.15, 0.2) is 5.69 Å². The normalized spacial score (nSPS) is 17.7. The van der Waals surface area contributed by atoms with Crippen molar-refractivity contribution in [2.24, 2.45) is 5.92 Å². The molecule has 0 spiro atoms. The van der Waals surface area contributed by atoms with Crippen LogP contribution >= 0.6 is 11.6 Å². The maximum absolute atomic E-state index is 13.8. The lowest BCUT2D eigenvalue weighted by Crippen LogP contribution is -2.41. The molecule has 5 rings (SSSR count). The van der Waals surface area contributed by atoms with Gasteiger partial charge in [-0.05, 0) is 58.1 Å². The van der Waals surface area contributed by atoms with Crippen LogP contribution in [-0.4, -0.2) is 60.8 Å². The number of sulfonamides is 1. The van der Waals surface area contributed by atoms with E-state index in [-0.39, 0.29) is 22.5 Å². The highest BCUT2D eigenvalue weighted by Gasteiger charge is 2.31. The van der Waals surface area contributed by atoms with Gasteiger partial charge in [0.2, 0.25) is 10.0 Å². The molecule has 0 unspecified atom stereocenters. The van der Waals surface area contributed by atoms with Gasteiger partial charge in [0.1, 0.15) is 0 Å². The fourth-order valence-electron chi connectivity index (χ4n) is 6.15. The summed E-state index contributed by atoms with van der Waals surface area (Å²) in [4.78, 5) is 15.7. The molecule has 0 bridgehead atoms. The van der Waals surface area contributed by atoms with Crippen LogP contribution in [0.1, 0.15) is 81.9 Å². The summed E-state index contributed by atoms with van der Waals surface area (Å²) >= 11 is 7.04. The number of benzene rings is 2. The van der Waals surface area contributed by atoms with Gasteiger partial charge < -0.3 is 9.64 Å². The third kappa shape index (κ3) is 6.48. The van der Waals surface area contributed by atoms with Crippen LogP contribution in [0, 0.1) is 5.92 Å². The maximum atomic E-state index is 13.8. The summed E-state index contributed by atoms with van der Waals surface area (Å²) in [5.74, 6) is 0.248. The zero-order valence-corrected chi connectivity index (χ0v) is 26.0. The monoisotopic (exact) mass is 600 g/mol. The number of hydrogen-bond acceptors (Lipinski definition) is 5. The van der Waals surface area contributed by atoms with Crippen molar-refractivity contribution in [3.8, 4) is 5.69 Å². The Kier molecular flexibility index (Phi) is 8.81. The number of nitrogens with zero attached hydrogens (tertiary/aromatic N) is 3. The second-order valence-electron chi connectivity index (χ2n) is 12.5. The van der Waals surface area contributed by atoms with Gasteiger partial charge in [-0.25, -0.2) is 17.8 Å². The van der Waals surface area contributed by atoms with E-state index in [1.54, 1.807) is 21.7 Å². The summed E-state index contributed by atoms with van der Waals surface area (Å²) in [5.41, 5.74) is 1.11. The molecule has 222 valence electrons. The van der Waals surface area contributed by atoms with Gasteiger partial charge in [0, 0.05) is 42.6 Å². The molecule has 1 amide bonds. The number of carbonyl (C=O) groups excluding carboxylic acids is 1. The van der Waals surface area contributed by atoms with E-state index in [1.807, 2.05) is 52.1 Å². The minimum absolute atomic E-state index is 0.0693. The number of rotatable bonds is 7. The van der Waals surface area contributed by atoms with Crippen LogP contribution in [0.15, 0.2) is 41.3 Å². The quantitative estimate of drug-likeness (QED) is 0.352. The average molecular weight is 601 g/mol. The lowest BCUT2D eigenvalue weighted by molar-refractivity contribution is 0.0358. The molecule has 2 heterocycles. The first-order valence-corrected chi connectivity index (χ1v) is 16.5. The van der Waals surface area contributed by atoms with Crippen molar-refractivity contribution in [1.82, 2.24) is 19.4 Å². The molecular weight excluding hydrogens is 560 g/mol. The first kappa shape index (κ1) is 30.0. The van der Waals surface area contributed by atoms with Crippen molar-refractivity contribution < 1.29 is 17.9 Å². The first-order valence-electron chi connectivity index (χ1n) is 14.6. The van der Waals surface area contributed by atoms with E-state index in [2.05, 4.69) is 4.72 Å². The molecule has 0 atom stereocenters. The van der Waals surface area contributed by atoms with Gasteiger partial charge in [-0.3, -0.25) is 4.79 Å². The fourth-order valence-corrected chi connectivity index (χ4v) is 8.06. The summed E-state index contributed by atoms with van der Waals surface area (Å²) in [5, 5.41) is 6.56. The van der Waals surface area contributed by atoms with Crippen LogP contribution < -0.4 is 4.72 Å². The van der Waals surface area contributed by atoms with E-state index in [9.17, 15) is 13.2 Å². The highest BCUT2D eigenvalue weighted by molar-refractivity contribution is 7.89. The second kappa shape index (κ2) is 12.0. The topological polar surface area (TPSA) is 93.5 Å². The smallest absolute Gasteiger partial charge is 0.275 e. The zero-order valence-electron chi connectivity index (χ0n) is 24.5. The molecule has 1 aromatic heterocycles. The average Bonchev–Trinajstić information content (AvgIpc) is 3.26. The molecule has 2 fully saturated rings. The Labute approximate surface area is 248 Å². The first-order chi connectivity index (χ1) is 19.5. The Bertz CT molecular complexity index is 1520. The largest absolute Gasteiger partial charge is 0.381 e. The van der Waals surface area contributed by atoms with Crippen molar-refractivity contribution in [2.75, 3.05) is 20.3 Å². The van der Waals surface area contributed by atoms with Crippen LogP contribution in [0.25, 0.3) is 16.5 Å². The molecule has 1 aliphatic carbocycles. The Hall–Kier alpha value is -2.46. The van der Waals surface area contributed by atoms with Gasteiger partial charge in [-0.1, -0.05) is 68.0 Å². The Balaban J connectivity index is 1.63. The van der Waals surface area contributed by atoms with E-state index in [0.29, 0.717) is 41.6 Å². The summed E-state index contributed by atoms with van der Waals surface area (Å²) in [6.07, 6.45) is 8.10. The van der Waals surface area contributed by atoms with Crippen LogP contribution in [0.2, 0.25) is 5.02 Å². The molecule has 10 heteroatoms. The minimum atomic E-state index is -3.79. The summed E-state index contributed by atoms with van der Waals surface area (Å²) in [7, 11) is -1.98. The Morgan fingerprint density at radius 2 is 1.71 bits per heavy atom.